The van der Waals surface area contributed by atoms with Crippen molar-refractivity contribution in [3.05, 3.63) is 24.0 Å². The Balaban J connectivity index is 0.00000264. The Bertz CT molecular complexity index is 645. The van der Waals surface area contributed by atoms with Crippen LogP contribution >= 0.6 is 12.4 Å². The summed E-state index contributed by atoms with van der Waals surface area (Å²) in [5, 5.41) is 3.14. The van der Waals surface area contributed by atoms with Crippen LogP contribution in [-0.4, -0.2) is 44.5 Å². The number of piperazine rings is 1. The summed E-state index contributed by atoms with van der Waals surface area (Å²) in [5.74, 6) is -1.83. The molecule has 0 aromatic heterocycles. The molecule has 2 atom stereocenters. The molecule has 23 heavy (non-hydrogen) atoms. The fraction of sp³-hybridized carbons (Fsp3) is 0.538. The lowest BCUT2D eigenvalue weighted by atomic mass is 10.1. The molecule has 1 aromatic carbocycles. The molecule has 1 aliphatic rings. The van der Waals surface area contributed by atoms with Gasteiger partial charge in [0, 0.05) is 25.2 Å². The van der Waals surface area contributed by atoms with Crippen molar-refractivity contribution in [3.63, 3.8) is 0 Å². The van der Waals surface area contributed by atoms with Gasteiger partial charge >= 0.3 is 6.61 Å². The molecule has 0 spiro atoms. The molecule has 1 heterocycles. The fourth-order valence-electron chi connectivity index (χ4n) is 2.33. The number of benzene rings is 1. The summed E-state index contributed by atoms with van der Waals surface area (Å²) in [5.41, 5.74) is 0. The van der Waals surface area contributed by atoms with Gasteiger partial charge in [0.15, 0.2) is 11.6 Å². The first-order valence-electron chi connectivity index (χ1n) is 6.73. The predicted molar refractivity (Wildman–Crippen MR) is 81.1 cm³/mol. The monoisotopic (exact) mass is 374 g/mol. The van der Waals surface area contributed by atoms with Crippen molar-refractivity contribution in [2.75, 3.05) is 13.1 Å². The van der Waals surface area contributed by atoms with E-state index in [0.29, 0.717) is 12.6 Å². The lowest BCUT2D eigenvalue weighted by molar-refractivity contribution is -0.0522. The summed E-state index contributed by atoms with van der Waals surface area (Å²) in [6.45, 7) is 1.17. The Kier molecular flexibility index (Phi) is 6.70. The third kappa shape index (κ3) is 4.28. The van der Waals surface area contributed by atoms with Crippen molar-refractivity contribution in [3.8, 4) is 5.75 Å². The Morgan fingerprint density at radius 1 is 1.35 bits per heavy atom. The molecule has 1 aromatic rings. The number of hydrogen-bond donors (Lipinski definition) is 1. The van der Waals surface area contributed by atoms with E-state index in [-0.39, 0.29) is 35.9 Å². The van der Waals surface area contributed by atoms with E-state index in [1.54, 1.807) is 6.92 Å². The van der Waals surface area contributed by atoms with Gasteiger partial charge in [-0.1, -0.05) is 0 Å². The number of ether oxygens (including phenoxy) is 1. The molecule has 0 amide bonds. The van der Waals surface area contributed by atoms with Crippen LogP contribution in [0.15, 0.2) is 23.1 Å². The maximum atomic E-state index is 13.7. The topological polar surface area (TPSA) is 58.6 Å². The van der Waals surface area contributed by atoms with Crippen molar-refractivity contribution in [1.82, 2.24) is 9.62 Å². The van der Waals surface area contributed by atoms with Crippen LogP contribution < -0.4 is 10.1 Å². The molecule has 1 aliphatic heterocycles. The predicted octanol–water partition coefficient (Wildman–Crippen LogP) is 2.22. The first-order valence-corrected chi connectivity index (χ1v) is 8.17. The van der Waals surface area contributed by atoms with Gasteiger partial charge in [-0.2, -0.15) is 13.1 Å². The molecular formula is C13H18ClF3N2O3S. The minimum atomic E-state index is -3.90. The second-order valence-corrected chi connectivity index (χ2v) is 6.96. The van der Waals surface area contributed by atoms with Gasteiger partial charge in [-0.05, 0) is 32.0 Å². The van der Waals surface area contributed by atoms with E-state index in [1.165, 1.54) is 4.31 Å². The van der Waals surface area contributed by atoms with Crippen LogP contribution in [0, 0.1) is 5.82 Å². The molecule has 132 valence electrons. The second kappa shape index (κ2) is 7.69. The average Bonchev–Trinajstić information content (AvgIpc) is 2.43. The first-order chi connectivity index (χ1) is 10.2. The quantitative estimate of drug-likeness (QED) is 0.878. The SMILES string of the molecule is CC1NCCN(S(=O)(=O)c2ccc(OC(F)F)c(F)c2)C1C.Cl. The van der Waals surface area contributed by atoms with Crippen molar-refractivity contribution < 1.29 is 26.3 Å². The highest BCUT2D eigenvalue weighted by atomic mass is 35.5. The molecule has 0 radical (unpaired) electrons. The minimum Gasteiger partial charge on any atom is -0.432 e. The second-order valence-electron chi connectivity index (χ2n) is 5.07. The lowest BCUT2D eigenvalue weighted by Gasteiger charge is -2.37. The largest absolute Gasteiger partial charge is 0.432 e. The van der Waals surface area contributed by atoms with Crippen LogP contribution in [0.1, 0.15) is 13.8 Å². The molecule has 5 nitrogen and oxygen atoms in total. The summed E-state index contributed by atoms with van der Waals surface area (Å²) in [4.78, 5) is -0.285. The number of hydrogen-bond acceptors (Lipinski definition) is 4. The van der Waals surface area contributed by atoms with Crippen LogP contribution in [0.2, 0.25) is 0 Å². The molecule has 2 rings (SSSR count). The molecule has 0 aliphatic carbocycles. The summed E-state index contributed by atoms with van der Waals surface area (Å²) < 4.78 is 68.3. The number of halogens is 4. The highest BCUT2D eigenvalue weighted by Crippen LogP contribution is 2.26. The normalized spacial score (nSPS) is 22.7. The third-order valence-corrected chi connectivity index (χ3v) is 5.68. The first kappa shape index (κ1) is 20.0. The van der Waals surface area contributed by atoms with Crippen LogP contribution in [0.4, 0.5) is 13.2 Å². The van der Waals surface area contributed by atoms with Crippen molar-refractivity contribution in [1.29, 1.82) is 0 Å². The molecule has 10 heteroatoms. The van der Waals surface area contributed by atoms with Crippen molar-refractivity contribution in [2.24, 2.45) is 0 Å². The van der Waals surface area contributed by atoms with Crippen molar-refractivity contribution >= 4 is 22.4 Å². The van der Waals surface area contributed by atoms with E-state index in [1.807, 2.05) is 6.92 Å². The van der Waals surface area contributed by atoms with Gasteiger partial charge in [-0.3, -0.25) is 0 Å². The molecule has 1 saturated heterocycles. The molecule has 1 fully saturated rings. The lowest BCUT2D eigenvalue weighted by Crippen LogP contribution is -2.57. The Morgan fingerprint density at radius 3 is 2.57 bits per heavy atom. The Hall–Kier alpha value is -1.03. The van der Waals surface area contributed by atoms with Gasteiger partial charge in [0.2, 0.25) is 10.0 Å². The smallest absolute Gasteiger partial charge is 0.387 e. The summed E-state index contributed by atoms with van der Waals surface area (Å²) in [6.07, 6.45) is 0. The van der Waals surface area contributed by atoms with E-state index in [9.17, 15) is 21.6 Å². The Morgan fingerprint density at radius 2 is 2.00 bits per heavy atom. The van der Waals surface area contributed by atoms with Crippen molar-refractivity contribution in [2.45, 2.75) is 37.4 Å². The number of nitrogens with zero attached hydrogens (tertiary/aromatic N) is 1. The van der Waals surface area contributed by atoms with Crippen LogP contribution in [0.5, 0.6) is 5.75 Å². The van der Waals surface area contributed by atoms with Gasteiger partial charge < -0.3 is 10.1 Å². The highest BCUT2D eigenvalue weighted by Gasteiger charge is 2.34. The third-order valence-electron chi connectivity index (χ3n) is 3.70. The highest BCUT2D eigenvalue weighted by molar-refractivity contribution is 7.89. The van der Waals surface area contributed by atoms with Crippen LogP contribution in [0.3, 0.4) is 0 Å². The number of rotatable bonds is 4. The van der Waals surface area contributed by atoms with E-state index in [4.69, 9.17) is 0 Å². The van der Waals surface area contributed by atoms with E-state index in [2.05, 4.69) is 10.1 Å². The summed E-state index contributed by atoms with van der Waals surface area (Å²) in [6, 6.07) is 2.31. The average molecular weight is 375 g/mol. The van der Waals surface area contributed by atoms with Gasteiger partial charge in [0.05, 0.1) is 4.90 Å². The van der Waals surface area contributed by atoms with E-state index < -0.39 is 28.2 Å². The molecule has 0 saturated carbocycles. The molecular weight excluding hydrogens is 357 g/mol. The van der Waals surface area contributed by atoms with Crippen LogP contribution in [-0.2, 0) is 10.0 Å². The molecule has 2 unspecified atom stereocenters. The summed E-state index contributed by atoms with van der Waals surface area (Å²) >= 11 is 0. The van der Waals surface area contributed by atoms with Crippen LogP contribution in [0.25, 0.3) is 0 Å². The fourth-order valence-corrected chi connectivity index (χ4v) is 4.05. The zero-order chi connectivity index (χ0) is 16.5. The zero-order valence-electron chi connectivity index (χ0n) is 12.5. The standard InChI is InChI=1S/C13H17F3N2O3S.ClH/c1-8-9(2)18(6-5-17-8)22(19,20)10-3-4-12(11(14)7-10)21-13(15)16;/h3-4,7-9,13,17H,5-6H2,1-2H3;1H. The maximum absolute atomic E-state index is 13.7. The van der Waals surface area contributed by atoms with Gasteiger partial charge in [0.25, 0.3) is 0 Å². The van der Waals surface area contributed by atoms with Gasteiger partial charge in [-0.15, -0.1) is 12.4 Å². The van der Waals surface area contributed by atoms with Gasteiger partial charge in [-0.25, -0.2) is 12.8 Å². The van der Waals surface area contributed by atoms with Gasteiger partial charge in [0.1, 0.15) is 0 Å². The molecule has 0 bridgehead atoms. The zero-order valence-corrected chi connectivity index (χ0v) is 14.1. The maximum Gasteiger partial charge on any atom is 0.387 e. The Labute approximate surface area is 139 Å². The number of nitrogens with one attached hydrogen (secondary N) is 1. The summed E-state index contributed by atoms with van der Waals surface area (Å²) in [7, 11) is -3.90. The van der Waals surface area contributed by atoms with E-state index >= 15 is 0 Å². The van der Waals surface area contributed by atoms with E-state index in [0.717, 1.165) is 12.1 Å². The number of alkyl halides is 2. The minimum absolute atomic E-state index is 0. The molecule has 1 N–H and O–H groups in total. The number of sulfonamides is 1.